The Morgan fingerprint density at radius 1 is 1.15 bits per heavy atom. The van der Waals surface area contributed by atoms with Crippen molar-refractivity contribution < 1.29 is 0 Å². The molecule has 1 fully saturated rings. The molecule has 1 aliphatic rings. The van der Waals surface area contributed by atoms with Gasteiger partial charge in [0, 0.05) is 18.6 Å². The average Bonchev–Trinajstić information content (AvgIpc) is 2.20. The van der Waals surface area contributed by atoms with Crippen molar-refractivity contribution in [3.05, 3.63) is 35.9 Å². The van der Waals surface area contributed by atoms with Crippen LogP contribution in [0, 0.1) is 0 Å². The number of benzene rings is 1. The fourth-order valence-corrected chi connectivity index (χ4v) is 1.85. The van der Waals surface area contributed by atoms with Crippen LogP contribution in [0.1, 0.15) is 24.4 Å². The van der Waals surface area contributed by atoms with E-state index in [1.165, 1.54) is 5.56 Å². The highest BCUT2D eigenvalue weighted by molar-refractivity contribution is 5.19. The minimum Gasteiger partial charge on any atom is -0.327 e. The van der Waals surface area contributed by atoms with E-state index < -0.39 is 0 Å². The van der Waals surface area contributed by atoms with E-state index in [0.29, 0.717) is 12.1 Å². The highest BCUT2D eigenvalue weighted by atomic mass is 15.0. The van der Waals surface area contributed by atoms with Gasteiger partial charge >= 0.3 is 0 Å². The van der Waals surface area contributed by atoms with Crippen LogP contribution in [0.15, 0.2) is 30.3 Å². The summed E-state index contributed by atoms with van der Waals surface area (Å²) in [5.74, 6) is 0. The zero-order valence-electron chi connectivity index (χ0n) is 7.74. The van der Waals surface area contributed by atoms with Crippen molar-refractivity contribution in [2.24, 2.45) is 5.73 Å². The lowest BCUT2D eigenvalue weighted by molar-refractivity contribution is 0.373. The molecule has 3 N–H and O–H groups in total. The van der Waals surface area contributed by atoms with E-state index in [9.17, 15) is 0 Å². The molecular weight excluding hydrogens is 160 g/mol. The lowest BCUT2D eigenvalue weighted by Crippen LogP contribution is -2.41. The number of piperidine rings is 1. The zero-order chi connectivity index (χ0) is 9.10. The van der Waals surface area contributed by atoms with Gasteiger partial charge in [0.2, 0.25) is 0 Å². The first-order chi connectivity index (χ1) is 6.36. The average molecular weight is 176 g/mol. The van der Waals surface area contributed by atoms with Crippen LogP contribution >= 0.6 is 0 Å². The van der Waals surface area contributed by atoms with Gasteiger partial charge in [-0.25, -0.2) is 0 Å². The smallest absolute Gasteiger partial charge is 0.0321 e. The number of nitrogens with two attached hydrogens (primary N) is 1. The second-order valence-electron chi connectivity index (χ2n) is 3.71. The lowest BCUT2D eigenvalue weighted by Gasteiger charge is -2.27. The van der Waals surface area contributed by atoms with E-state index in [2.05, 4.69) is 35.6 Å². The summed E-state index contributed by atoms with van der Waals surface area (Å²) in [7, 11) is 0. The molecule has 2 rings (SSSR count). The van der Waals surface area contributed by atoms with Gasteiger partial charge in [-0.15, -0.1) is 0 Å². The van der Waals surface area contributed by atoms with Crippen molar-refractivity contribution >= 4 is 0 Å². The highest BCUT2D eigenvalue weighted by Gasteiger charge is 2.18. The van der Waals surface area contributed by atoms with Crippen LogP contribution in [0.5, 0.6) is 0 Å². The molecule has 1 aromatic rings. The van der Waals surface area contributed by atoms with Gasteiger partial charge in [0.1, 0.15) is 0 Å². The maximum atomic E-state index is 5.81. The first kappa shape index (κ1) is 8.73. The summed E-state index contributed by atoms with van der Waals surface area (Å²) in [6, 6.07) is 11.4. The predicted octanol–water partition coefficient (Wildman–Crippen LogP) is 1.44. The SMILES string of the molecule is N[C@H]1CCC(c2ccccc2)NC1. The molecule has 1 aromatic carbocycles. The fourth-order valence-electron chi connectivity index (χ4n) is 1.85. The summed E-state index contributed by atoms with van der Waals surface area (Å²) in [5.41, 5.74) is 7.20. The molecule has 1 saturated heterocycles. The van der Waals surface area contributed by atoms with Gasteiger partial charge in [0.05, 0.1) is 0 Å². The molecule has 1 unspecified atom stereocenters. The summed E-state index contributed by atoms with van der Waals surface area (Å²) in [6.45, 7) is 0.944. The standard InChI is InChI=1S/C11H16N2/c12-10-6-7-11(13-8-10)9-4-2-1-3-5-9/h1-5,10-11,13H,6-8,12H2/t10-,11?/m0/s1. The van der Waals surface area contributed by atoms with Gasteiger partial charge in [-0.05, 0) is 18.4 Å². The van der Waals surface area contributed by atoms with Crippen molar-refractivity contribution in [3.8, 4) is 0 Å². The summed E-state index contributed by atoms with van der Waals surface area (Å²) < 4.78 is 0. The third-order valence-corrected chi connectivity index (χ3v) is 2.65. The van der Waals surface area contributed by atoms with Crippen LogP contribution in [0.3, 0.4) is 0 Å². The van der Waals surface area contributed by atoms with E-state index in [0.717, 1.165) is 19.4 Å². The Morgan fingerprint density at radius 2 is 1.92 bits per heavy atom. The monoisotopic (exact) mass is 176 g/mol. The maximum absolute atomic E-state index is 5.81. The summed E-state index contributed by atoms with van der Waals surface area (Å²) in [6.07, 6.45) is 2.29. The molecule has 13 heavy (non-hydrogen) atoms. The summed E-state index contributed by atoms with van der Waals surface area (Å²) in [5, 5.41) is 3.46. The molecule has 0 saturated carbocycles. The molecule has 1 aliphatic heterocycles. The predicted molar refractivity (Wildman–Crippen MR) is 54.4 cm³/mol. The normalized spacial score (nSPS) is 28.7. The van der Waals surface area contributed by atoms with Gasteiger partial charge in [-0.1, -0.05) is 30.3 Å². The van der Waals surface area contributed by atoms with E-state index in [1.807, 2.05) is 0 Å². The zero-order valence-corrected chi connectivity index (χ0v) is 7.74. The minimum absolute atomic E-state index is 0.347. The van der Waals surface area contributed by atoms with E-state index in [-0.39, 0.29) is 0 Å². The Hall–Kier alpha value is -0.860. The molecule has 0 aromatic heterocycles. The molecule has 2 nitrogen and oxygen atoms in total. The number of rotatable bonds is 1. The van der Waals surface area contributed by atoms with E-state index >= 15 is 0 Å². The highest BCUT2D eigenvalue weighted by Crippen LogP contribution is 2.21. The van der Waals surface area contributed by atoms with Crippen molar-refractivity contribution in [1.29, 1.82) is 0 Å². The summed E-state index contributed by atoms with van der Waals surface area (Å²) in [4.78, 5) is 0. The van der Waals surface area contributed by atoms with Crippen LogP contribution in [0.4, 0.5) is 0 Å². The van der Waals surface area contributed by atoms with Crippen LogP contribution in [0.25, 0.3) is 0 Å². The van der Waals surface area contributed by atoms with Crippen molar-refractivity contribution in [1.82, 2.24) is 5.32 Å². The Balaban J connectivity index is 2.03. The van der Waals surface area contributed by atoms with Crippen LogP contribution < -0.4 is 11.1 Å². The Morgan fingerprint density at radius 3 is 2.54 bits per heavy atom. The second-order valence-corrected chi connectivity index (χ2v) is 3.71. The van der Waals surface area contributed by atoms with Crippen LogP contribution in [-0.4, -0.2) is 12.6 Å². The molecule has 0 aliphatic carbocycles. The van der Waals surface area contributed by atoms with Crippen molar-refractivity contribution in [3.63, 3.8) is 0 Å². The molecule has 1 heterocycles. The van der Waals surface area contributed by atoms with Gasteiger partial charge < -0.3 is 11.1 Å². The Kier molecular flexibility index (Phi) is 2.62. The van der Waals surface area contributed by atoms with Gasteiger partial charge in [0.15, 0.2) is 0 Å². The number of nitrogens with one attached hydrogen (secondary N) is 1. The molecule has 0 amide bonds. The summed E-state index contributed by atoms with van der Waals surface area (Å²) >= 11 is 0. The van der Waals surface area contributed by atoms with Crippen molar-refractivity contribution in [2.45, 2.75) is 24.9 Å². The Bertz CT molecular complexity index is 250. The van der Waals surface area contributed by atoms with Gasteiger partial charge in [-0.3, -0.25) is 0 Å². The molecule has 70 valence electrons. The lowest BCUT2D eigenvalue weighted by atomic mass is 9.95. The topological polar surface area (TPSA) is 38.0 Å². The Labute approximate surface area is 79.1 Å². The molecular formula is C11H16N2. The minimum atomic E-state index is 0.347. The van der Waals surface area contributed by atoms with E-state index in [4.69, 9.17) is 5.73 Å². The van der Waals surface area contributed by atoms with Gasteiger partial charge in [0.25, 0.3) is 0 Å². The first-order valence-electron chi connectivity index (χ1n) is 4.90. The first-order valence-corrected chi connectivity index (χ1v) is 4.90. The van der Waals surface area contributed by atoms with Crippen LogP contribution in [-0.2, 0) is 0 Å². The molecule has 0 radical (unpaired) electrons. The molecule has 0 bridgehead atoms. The third kappa shape index (κ3) is 2.08. The fraction of sp³-hybridized carbons (Fsp3) is 0.455. The molecule has 2 heteroatoms. The number of hydrogen-bond acceptors (Lipinski definition) is 2. The third-order valence-electron chi connectivity index (χ3n) is 2.65. The second kappa shape index (κ2) is 3.90. The quantitative estimate of drug-likeness (QED) is 0.679. The van der Waals surface area contributed by atoms with Crippen molar-refractivity contribution in [2.75, 3.05) is 6.54 Å². The van der Waals surface area contributed by atoms with Crippen LogP contribution in [0.2, 0.25) is 0 Å². The van der Waals surface area contributed by atoms with Gasteiger partial charge in [-0.2, -0.15) is 0 Å². The van der Waals surface area contributed by atoms with E-state index in [1.54, 1.807) is 0 Å². The molecule has 0 spiro atoms. The molecule has 2 atom stereocenters. The largest absolute Gasteiger partial charge is 0.327 e. The number of hydrogen-bond donors (Lipinski definition) is 2. The maximum Gasteiger partial charge on any atom is 0.0321 e.